The highest BCUT2D eigenvalue weighted by atomic mass is 16.5. The average Bonchev–Trinajstić information content (AvgIpc) is 3.61. The van der Waals surface area contributed by atoms with Gasteiger partial charge < -0.3 is 23.4 Å². The third-order valence-corrected chi connectivity index (χ3v) is 7.42. The second-order valence-corrected chi connectivity index (χ2v) is 10.1. The van der Waals surface area contributed by atoms with Crippen LogP contribution in [0.1, 0.15) is 67.2 Å². The van der Waals surface area contributed by atoms with E-state index in [-0.39, 0.29) is 29.2 Å². The molecule has 1 unspecified atom stereocenters. The van der Waals surface area contributed by atoms with E-state index in [1.165, 1.54) is 12.5 Å². The van der Waals surface area contributed by atoms with Crippen molar-refractivity contribution in [3.8, 4) is 0 Å². The van der Waals surface area contributed by atoms with Crippen LogP contribution in [0.5, 0.6) is 0 Å². The van der Waals surface area contributed by atoms with E-state index < -0.39 is 0 Å². The molecule has 1 atom stereocenters. The Hall–Kier alpha value is -2.72. The third kappa shape index (κ3) is 4.61. The Kier molecular flexibility index (Phi) is 6.44. The summed E-state index contributed by atoms with van der Waals surface area (Å²) in [6.07, 6.45) is 5.62. The van der Waals surface area contributed by atoms with Crippen molar-refractivity contribution in [3.05, 3.63) is 35.9 Å². The van der Waals surface area contributed by atoms with E-state index in [1.807, 2.05) is 23.6 Å². The number of nitrogens with zero attached hydrogens (tertiary/aromatic N) is 5. The van der Waals surface area contributed by atoms with Gasteiger partial charge in [0.05, 0.1) is 37.6 Å². The largest absolute Gasteiger partial charge is 0.472 e. The maximum absolute atomic E-state index is 13.1. The van der Waals surface area contributed by atoms with Crippen molar-refractivity contribution in [1.82, 2.24) is 24.9 Å². The maximum Gasteiger partial charge on any atom is 0.257 e. The van der Waals surface area contributed by atoms with E-state index in [4.69, 9.17) is 13.6 Å². The Bertz CT molecular complexity index is 989. The predicted octanol–water partition coefficient (Wildman–Crippen LogP) is 2.31. The molecule has 3 aliphatic heterocycles. The summed E-state index contributed by atoms with van der Waals surface area (Å²) < 4.78 is 16.5. The minimum absolute atomic E-state index is 0.00952. The molecule has 34 heavy (non-hydrogen) atoms. The molecule has 2 aromatic heterocycles. The highest BCUT2D eigenvalue weighted by Gasteiger charge is 2.49. The van der Waals surface area contributed by atoms with Gasteiger partial charge in [-0.3, -0.25) is 14.5 Å². The Morgan fingerprint density at radius 3 is 2.53 bits per heavy atom. The molecular weight excluding hydrogens is 438 g/mol. The van der Waals surface area contributed by atoms with Gasteiger partial charge in [-0.2, -0.15) is 0 Å². The number of rotatable bonds is 5. The molecule has 5 rings (SSSR count). The molecule has 1 spiro atoms. The van der Waals surface area contributed by atoms with E-state index in [0.29, 0.717) is 63.3 Å². The van der Waals surface area contributed by atoms with Crippen molar-refractivity contribution in [2.24, 2.45) is 5.41 Å². The molecule has 3 fully saturated rings. The number of furan rings is 1. The normalized spacial score (nSPS) is 23.2. The van der Waals surface area contributed by atoms with Crippen LogP contribution in [0.3, 0.4) is 0 Å². The van der Waals surface area contributed by atoms with Gasteiger partial charge >= 0.3 is 0 Å². The zero-order valence-corrected chi connectivity index (χ0v) is 19.9. The fraction of sp³-hybridized carbons (Fsp3) is 0.667. The molecule has 0 aliphatic carbocycles. The lowest BCUT2D eigenvalue weighted by molar-refractivity contribution is -0.136. The number of carbonyl (C=O) groups excluding carboxylic acids is 2. The number of piperidine rings is 1. The van der Waals surface area contributed by atoms with Gasteiger partial charge in [0.2, 0.25) is 17.7 Å². The van der Waals surface area contributed by atoms with Crippen LogP contribution in [0.25, 0.3) is 0 Å². The van der Waals surface area contributed by atoms with Crippen molar-refractivity contribution in [3.63, 3.8) is 0 Å². The number of amides is 2. The van der Waals surface area contributed by atoms with Crippen LogP contribution in [-0.4, -0.2) is 89.2 Å². The standard InChI is InChI=1S/C24H33N5O5/c1-17(2)21-25-26-22(34-21)19-13-24(16-29(19)14-20(30)27-8-11-32-12-9-27)4-6-28(7-5-24)23(31)18-3-10-33-15-18/h3,10,15,17,19H,4-9,11-14,16H2,1-2H3. The second kappa shape index (κ2) is 9.50. The van der Waals surface area contributed by atoms with E-state index in [9.17, 15) is 9.59 Å². The third-order valence-electron chi connectivity index (χ3n) is 7.42. The maximum atomic E-state index is 13.1. The number of morpholine rings is 1. The Balaban J connectivity index is 1.31. The second-order valence-electron chi connectivity index (χ2n) is 10.1. The molecule has 0 saturated carbocycles. The molecule has 5 heterocycles. The van der Waals surface area contributed by atoms with Gasteiger partial charge in [-0.15, -0.1) is 10.2 Å². The van der Waals surface area contributed by atoms with Gasteiger partial charge in [-0.25, -0.2) is 0 Å². The van der Waals surface area contributed by atoms with E-state index >= 15 is 0 Å². The van der Waals surface area contributed by atoms with Gasteiger partial charge in [0, 0.05) is 38.6 Å². The fourth-order valence-electron chi connectivity index (χ4n) is 5.37. The molecule has 3 saturated heterocycles. The van der Waals surface area contributed by atoms with Crippen LogP contribution in [0.2, 0.25) is 0 Å². The first kappa shape index (κ1) is 23.0. The average molecular weight is 472 g/mol. The zero-order chi connectivity index (χ0) is 23.7. The lowest BCUT2D eigenvalue weighted by Gasteiger charge is -2.39. The summed E-state index contributed by atoms with van der Waals surface area (Å²) in [7, 11) is 0. The van der Waals surface area contributed by atoms with Gasteiger partial charge in [0.25, 0.3) is 5.91 Å². The van der Waals surface area contributed by atoms with Crippen molar-refractivity contribution in [1.29, 1.82) is 0 Å². The van der Waals surface area contributed by atoms with Crippen LogP contribution in [-0.2, 0) is 9.53 Å². The number of likely N-dealkylation sites (tertiary alicyclic amines) is 2. The molecule has 10 nitrogen and oxygen atoms in total. The first-order chi connectivity index (χ1) is 16.4. The molecule has 10 heteroatoms. The quantitative estimate of drug-likeness (QED) is 0.654. The summed E-state index contributed by atoms with van der Waals surface area (Å²) >= 11 is 0. The monoisotopic (exact) mass is 471 g/mol. The lowest BCUT2D eigenvalue weighted by atomic mass is 9.76. The molecule has 2 aromatic rings. The lowest BCUT2D eigenvalue weighted by Crippen LogP contribution is -2.47. The van der Waals surface area contributed by atoms with Crippen molar-refractivity contribution < 1.29 is 23.2 Å². The number of ether oxygens (including phenoxy) is 1. The molecule has 0 radical (unpaired) electrons. The molecule has 0 bridgehead atoms. The Labute approximate surface area is 199 Å². The minimum Gasteiger partial charge on any atom is -0.472 e. The van der Waals surface area contributed by atoms with Gasteiger partial charge in [0.1, 0.15) is 6.26 Å². The van der Waals surface area contributed by atoms with Gasteiger partial charge in [-0.1, -0.05) is 13.8 Å². The summed E-state index contributed by atoms with van der Waals surface area (Å²) in [5, 5.41) is 8.61. The SMILES string of the molecule is CC(C)c1nnc(C2CC3(CCN(C(=O)c4ccoc4)CC3)CN2CC(=O)N2CCOCC2)o1. The Morgan fingerprint density at radius 1 is 1.12 bits per heavy atom. The molecule has 0 N–H and O–H groups in total. The fourth-order valence-corrected chi connectivity index (χ4v) is 5.37. The smallest absolute Gasteiger partial charge is 0.257 e. The van der Waals surface area contributed by atoms with Crippen molar-refractivity contribution in [2.45, 2.75) is 45.1 Å². The molecular formula is C24H33N5O5. The molecule has 184 valence electrons. The van der Waals surface area contributed by atoms with Crippen LogP contribution in [0, 0.1) is 5.41 Å². The first-order valence-corrected chi connectivity index (χ1v) is 12.2. The number of carbonyl (C=O) groups is 2. The van der Waals surface area contributed by atoms with E-state index in [2.05, 4.69) is 15.1 Å². The van der Waals surface area contributed by atoms with Crippen LogP contribution < -0.4 is 0 Å². The van der Waals surface area contributed by atoms with Gasteiger partial charge in [-0.05, 0) is 30.7 Å². The number of aromatic nitrogens is 2. The zero-order valence-electron chi connectivity index (χ0n) is 19.9. The topological polar surface area (TPSA) is 105 Å². The summed E-state index contributed by atoms with van der Waals surface area (Å²) in [6.45, 7) is 8.95. The highest BCUT2D eigenvalue weighted by molar-refractivity contribution is 5.93. The van der Waals surface area contributed by atoms with Crippen LogP contribution >= 0.6 is 0 Å². The highest BCUT2D eigenvalue weighted by Crippen LogP contribution is 2.49. The van der Waals surface area contributed by atoms with Gasteiger partial charge in [0.15, 0.2) is 0 Å². The first-order valence-electron chi connectivity index (χ1n) is 12.2. The summed E-state index contributed by atoms with van der Waals surface area (Å²) in [4.78, 5) is 31.8. The predicted molar refractivity (Wildman–Crippen MR) is 121 cm³/mol. The molecule has 0 aromatic carbocycles. The Morgan fingerprint density at radius 2 is 1.88 bits per heavy atom. The summed E-state index contributed by atoms with van der Waals surface area (Å²) in [5.74, 6) is 1.48. The van der Waals surface area contributed by atoms with E-state index in [1.54, 1.807) is 6.07 Å². The molecule has 3 aliphatic rings. The van der Waals surface area contributed by atoms with Crippen molar-refractivity contribution >= 4 is 11.8 Å². The summed E-state index contributed by atoms with van der Waals surface area (Å²) in [6, 6.07) is 1.61. The van der Waals surface area contributed by atoms with Crippen LogP contribution in [0.15, 0.2) is 27.4 Å². The molecule has 2 amide bonds. The van der Waals surface area contributed by atoms with Crippen LogP contribution in [0.4, 0.5) is 0 Å². The van der Waals surface area contributed by atoms with Crippen molar-refractivity contribution in [2.75, 3.05) is 52.5 Å². The summed E-state index contributed by atoms with van der Waals surface area (Å²) in [5.41, 5.74) is 0.598. The number of hydrogen-bond acceptors (Lipinski definition) is 8. The van der Waals surface area contributed by atoms with E-state index in [0.717, 1.165) is 25.8 Å². The number of hydrogen-bond donors (Lipinski definition) is 0. The minimum atomic E-state index is -0.0962.